The number of urea groups is 1. The summed E-state index contributed by atoms with van der Waals surface area (Å²) in [6.45, 7) is 5.03. The van der Waals surface area contributed by atoms with E-state index in [1.54, 1.807) is 4.90 Å². The van der Waals surface area contributed by atoms with Gasteiger partial charge >= 0.3 is 12.0 Å². The normalized spacial score (nSPS) is 17.6. The Morgan fingerprint density at radius 1 is 1.41 bits per heavy atom. The van der Waals surface area contributed by atoms with Crippen LogP contribution < -0.4 is 10.6 Å². The summed E-state index contributed by atoms with van der Waals surface area (Å²) in [5.41, 5.74) is 0. The molecule has 1 fully saturated rings. The molecule has 1 rings (SSSR count). The first-order valence-corrected chi connectivity index (χ1v) is 6.07. The van der Waals surface area contributed by atoms with Crippen LogP contribution in [0.15, 0.2) is 0 Å². The summed E-state index contributed by atoms with van der Waals surface area (Å²) in [4.78, 5) is 23.9. The molecule has 0 bridgehead atoms. The van der Waals surface area contributed by atoms with Gasteiger partial charge in [-0.25, -0.2) is 4.79 Å². The Labute approximate surface area is 101 Å². The van der Waals surface area contributed by atoms with Crippen LogP contribution in [0.25, 0.3) is 0 Å². The fourth-order valence-corrected chi connectivity index (χ4v) is 1.80. The van der Waals surface area contributed by atoms with E-state index in [0.717, 1.165) is 26.2 Å². The Bertz CT molecular complexity index is 265. The molecule has 2 amide bonds. The first-order valence-electron chi connectivity index (χ1n) is 6.07. The average Bonchev–Trinajstić information content (AvgIpc) is 2.29. The number of nitrogens with zero attached hydrogens (tertiary/aromatic N) is 1. The molecular weight excluding hydrogens is 222 g/mol. The minimum atomic E-state index is -0.786. The lowest BCUT2D eigenvalue weighted by Gasteiger charge is -2.29. The lowest BCUT2D eigenvalue weighted by Crippen LogP contribution is -2.51. The summed E-state index contributed by atoms with van der Waals surface area (Å²) >= 11 is 0. The van der Waals surface area contributed by atoms with Crippen molar-refractivity contribution in [3.05, 3.63) is 0 Å². The van der Waals surface area contributed by atoms with E-state index in [4.69, 9.17) is 5.11 Å². The predicted octanol–water partition coefficient (Wildman–Crippen LogP) is 0.245. The number of rotatable bonds is 5. The fourth-order valence-electron chi connectivity index (χ4n) is 1.80. The Morgan fingerprint density at radius 3 is 2.65 bits per heavy atom. The van der Waals surface area contributed by atoms with Crippen LogP contribution in [0.3, 0.4) is 0 Å². The van der Waals surface area contributed by atoms with Crippen LogP contribution in [-0.4, -0.2) is 54.2 Å². The molecule has 0 aromatic rings. The van der Waals surface area contributed by atoms with Crippen molar-refractivity contribution in [2.75, 3.05) is 26.2 Å². The SMILES string of the molecule is CC(CCCC(=O)O)NC(=O)N1CCNCC1. The topological polar surface area (TPSA) is 81.7 Å². The van der Waals surface area contributed by atoms with Gasteiger partial charge in [0.25, 0.3) is 0 Å². The second-order valence-electron chi connectivity index (χ2n) is 4.37. The highest BCUT2D eigenvalue weighted by Crippen LogP contribution is 2.02. The van der Waals surface area contributed by atoms with Gasteiger partial charge in [-0.2, -0.15) is 0 Å². The molecule has 1 aliphatic rings. The maximum atomic E-state index is 11.8. The summed E-state index contributed by atoms with van der Waals surface area (Å²) < 4.78 is 0. The minimum Gasteiger partial charge on any atom is -0.481 e. The van der Waals surface area contributed by atoms with Gasteiger partial charge in [0.2, 0.25) is 0 Å². The van der Waals surface area contributed by atoms with E-state index < -0.39 is 5.97 Å². The molecule has 0 aliphatic carbocycles. The highest BCUT2D eigenvalue weighted by Gasteiger charge is 2.17. The van der Waals surface area contributed by atoms with Gasteiger partial charge in [-0.15, -0.1) is 0 Å². The predicted molar refractivity (Wildman–Crippen MR) is 63.9 cm³/mol. The van der Waals surface area contributed by atoms with Gasteiger partial charge in [0.1, 0.15) is 0 Å². The first-order chi connectivity index (χ1) is 8.09. The number of nitrogens with one attached hydrogen (secondary N) is 2. The molecule has 0 aromatic carbocycles. The highest BCUT2D eigenvalue weighted by atomic mass is 16.4. The smallest absolute Gasteiger partial charge is 0.317 e. The first kappa shape index (κ1) is 13.8. The number of amides is 2. The van der Waals surface area contributed by atoms with E-state index in [1.807, 2.05) is 6.92 Å². The van der Waals surface area contributed by atoms with Crippen molar-refractivity contribution >= 4 is 12.0 Å². The van der Waals surface area contributed by atoms with E-state index in [9.17, 15) is 9.59 Å². The van der Waals surface area contributed by atoms with Gasteiger partial charge < -0.3 is 20.6 Å². The van der Waals surface area contributed by atoms with E-state index in [-0.39, 0.29) is 18.5 Å². The Morgan fingerprint density at radius 2 is 2.06 bits per heavy atom. The number of carboxylic acids is 1. The van der Waals surface area contributed by atoms with Crippen molar-refractivity contribution in [3.8, 4) is 0 Å². The van der Waals surface area contributed by atoms with Gasteiger partial charge in [-0.05, 0) is 19.8 Å². The maximum Gasteiger partial charge on any atom is 0.317 e. The highest BCUT2D eigenvalue weighted by molar-refractivity contribution is 5.74. The zero-order chi connectivity index (χ0) is 12.7. The van der Waals surface area contributed by atoms with E-state index in [1.165, 1.54) is 0 Å². The van der Waals surface area contributed by atoms with Crippen LogP contribution in [0.5, 0.6) is 0 Å². The van der Waals surface area contributed by atoms with Gasteiger partial charge in [0.05, 0.1) is 0 Å². The average molecular weight is 243 g/mol. The fraction of sp³-hybridized carbons (Fsp3) is 0.818. The van der Waals surface area contributed by atoms with Crippen molar-refractivity contribution in [2.24, 2.45) is 0 Å². The van der Waals surface area contributed by atoms with Crippen LogP contribution in [0.4, 0.5) is 4.79 Å². The molecule has 1 saturated heterocycles. The third-order valence-corrected chi connectivity index (χ3v) is 2.80. The molecule has 1 aliphatic heterocycles. The van der Waals surface area contributed by atoms with Crippen LogP contribution in [-0.2, 0) is 4.79 Å². The summed E-state index contributed by atoms with van der Waals surface area (Å²) in [6, 6.07) is -0.0222. The number of hydrogen-bond acceptors (Lipinski definition) is 3. The van der Waals surface area contributed by atoms with E-state index in [2.05, 4.69) is 10.6 Å². The van der Waals surface area contributed by atoms with Gasteiger partial charge in [0, 0.05) is 38.6 Å². The summed E-state index contributed by atoms with van der Waals surface area (Å²) in [6.07, 6.45) is 1.45. The molecule has 3 N–H and O–H groups in total. The second kappa shape index (κ2) is 7.11. The minimum absolute atomic E-state index is 0.0248. The lowest BCUT2D eigenvalue weighted by atomic mass is 10.1. The molecule has 0 aromatic heterocycles. The molecule has 1 heterocycles. The molecule has 6 heteroatoms. The number of carboxylic acid groups (broad SMARTS) is 1. The monoisotopic (exact) mass is 243 g/mol. The standard InChI is InChI=1S/C11H21N3O3/c1-9(3-2-4-10(15)16)13-11(17)14-7-5-12-6-8-14/h9,12H,2-8H2,1H3,(H,13,17)(H,15,16). The largest absolute Gasteiger partial charge is 0.481 e. The van der Waals surface area contributed by atoms with E-state index in [0.29, 0.717) is 12.8 Å². The number of hydrogen-bond donors (Lipinski definition) is 3. The van der Waals surface area contributed by atoms with Gasteiger partial charge in [-0.3, -0.25) is 4.79 Å². The molecule has 98 valence electrons. The molecule has 17 heavy (non-hydrogen) atoms. The zero-order valence-electron chi connectivity index (χ0n) is 10.2. The van der Waals surface area contributed by atoms with Crippen LogP contribution in [0.2, 0.25) is 0 Å². The summed E-state index contributed by atoms with van der Waals surface area (Å²) in [5, 5.41) is 14.6. The third-order valence-electron chi connectivity index (χ3n) is 2.80. The van der Waals surface area contributed by atoms with Gasteiger partial charge in [-0.1, -0.05) is 0 Å². The Balaban J connectivity index is 2.18. The van der Waals surface area contributed by atoms with Crippen LogP contribution in [0.1, 0.15) is 26.2 Å². The number of carbonyl (C=O) groups excluding carboxylic acids is 1. The number of aliphatic carboxylic acids is 1. The van der Waals surface area contributed by atoms with Crippen molar-refractivity contribution < 1.29 is 14.7 Å². The van der Waals surface area contributed by atoms with Gasteiger partial charge in [0.15, 0.2) is 0 Å². The molecular formula is C11H21N3O3. The molecule has 0 radical (unpaired) electrons. The lowest BCUT2D eigenvalue weighted by molar-refractivity contribution is -0.137. The Kier molecular flexibility index (Phi) is 5.76. The quantitative estimate of drug-likeness (QED) is 0.646. The molecule has 6 nitrogen and oxygen atoms in total. The van der Waals surface area contributed by atoms with Crippen LogP contribution >= 0.6 is 0 Å². The second-order valence-corrected chi connectivity index (χ2v) is 4.37. The molecule has 0 spiro atoms. The zero-order valence-corrected chi connectivity index (χ0v) is 10.2. The van der Waals surface area contributed by atoms with Crippen molar-refractivity contribution in [1.82, 2.24) is 15.5 Å². The van der Waals surface area contributed by atoms with E-state index >= 15 is 0 Å². The van der Waals surface area contributed by atoms with Crippen LogP contribution in [0, 0.1) is 0 Å². The van der Waals surface area contributed by atoms with Crippen molar-refractivity contribution in [2.45, 2.75) is 32.2 Å². The number of carbonyl (C=O) groups is 2. The molecule has 0 saturated carbocycles. The van der Waals surface area contributed by atoms with Crippen molar-refractivity contribution in [1.29, 1.82) is 0 Å². The summed E-state index contributed by atoms with van der Waals surface area (Å²) in [5.74, 6) is -0.786. The van der Waals surface area contributed by atoms with Crippen molar-refractivity contribution in [3.63, 3.8) is 0 Å². The Hall–Kier alpha value is -1.30. The summed E-state index contributed by atoms with van der Waals surface area (Å²) in [7, 11) is 0. The number of piperazine rings is 1. The molecule has 1 unspecified atom stereocenters. The maximum absolute atomic E-state index is 11.8. The third kappa shape index (κ3) is 5.53. The molecule has 1 atom stereocenters.